The van der Waals surface area contributed by atoms with Gasteiger partial charge in [0, 0.05) is 6.54 Å². The number of carboxylic acids is 1. The van der Waals surface area contributed by atoms with Gasteiger partial charge in [0.1, 0.15) is 0 Å². The number of aliphatic carboxylic acids is 1. The highest BCUT2D eigenvalue weighted by molar-refractivity contribution is 5.70. The van der Waals surface area contributed by atoms with Crippen molar-refractivity contribution in [1.29, 1.82) is 0 Å². The van der Waals surface area contributed by atoms with Crippen LogP contribution in [-0.4, -0.2) is 34.9 Å². The fourth-order valence-electron chi connectivity index (χ4n) is 3.59. The third-order valence-corrected chi connectivity index (χ3v) is 5.17. The maximum atomic E-state index is 10.9. The lowest BCUT2D eigenvalue weighted by molar-refractivity contribution is -0.144. The van der Waals surface area contributed by atoms with Crippen LogP contribution in [0.4, 0.5) is 0 Å². The molecule has 0 aromatic rings. The molecule has 110 valence electrons. The minimum Gasteiger partial charge on any atom is -0.481 e. The molecule has 2 fully saturated rings. The Labute approximate surface area is 115 Å². The summed E-state index contributed by atoms with van der Waals surface area (Å²) in [6.45, 7) is 3.92. The number of hydrogen-bond acceptors (Lipinski definition) is 3. The average molecular weight is 269 g/mol. The summed E-state index contributed by atoms with van der Waals surface area (Å²) in [5.41, 5.74) is -0.687. The summed E-state index contributed by atoms with van der Waals surface area (Å²) in [7, 11) is 0. The summed E-state index contributed by atoms with van der Waals surface area (Å²) in [5.74, 6) is 0.578. The van der Waals surface area contributed by atoms with E-state index in [9.17, 15) is 9.90 Å². The van der Waals surface area contributed by atoms with Crippen molar-refractivity contribution >= 4 is 5.97 Å². The lowest BCUT2D eigenvalue weighted by atomic mass is 9.78. The molecule has 4 heteroatoms. The van der Waals surface area contributed by atoms with Crippen molar-refractivity contribution in [3.05, 3.63) is 0 Å². The van der Waals surface area contributed by atoms with Crippen LogP contribution in [-0.2, 0) is 4.79 Å². The molecule has 2 saturated carbocycles. The van der Waals surface area contributed by atoms with Gasteiger partial charge in [-0.2, -0.15) is 0 Å². The first-order valence-corrected chi connectivity index (χ1v) is 7.66. The number of carbonyl (C=O) groups is 1. The summed E-state index contributed by atoms with van der Waals surface area (Å²) >= 11 is 0. The third-order valence-electron chi connectivity index (χ3n) is 5.17. The largest absolute Gasteiger partial charge is 0.481 e. The second kappa shape index (κ2) is 6.23. The van der Waals surface area contributed by atoms with E-state index in [4.69, 9.17) is 5.11 Å². The van der Waals surface area contributed by atoms with Gasteiger partial charge >= 0.3 is 5.97 Å². The van der Waals surface area contributed by atoms with Crippen LogP contribution < -0.4 is 5.32 Å². The Balaban J connectivity index is 1.69. The van der Waals surface area contributed by atoms with E-state index in [1.165, 1.54) is 19.3 Å². The normalized spacial score (nSPS) is 39.4. The predicted octanol–water partition coefficient (Wildman–Crippen LogP) is 2.02. The fourth-order valence-corrected chi connectivity index (χ4v) is 3.59. The zero-order valence-electron chi connectivity index (χ0n) is 11.9. The van der Waals surface area contributed by atoms with Crippen molar-refractivity contribution < 1.29 is 15.0 Å². The molecular weight excluding hydrogens is 242 g/mol. The molecule has 0 spiro atoms. The standard InChI is InChI=1S/C15H27NO3/c1-11-3-2-4-13(11)9-16-10-15(19)7-5-12(6-8-15)14(17)18/h11-13,16,19H,2-10H2,1H3,(H,17,18). The van der Waals surface area contributed by atoms with Crippen LogP contribution >= 0.6 is 0 Å². The van der Waals surface area contributed by atoms with Crippen molar-refractivity contribution in [2.45, 2.75) is 57.5 Å². The number of aliphatic hydroxyl groups is 1. The Morgan fingerprint density at radius 3 is 2.47 bits per heavy atom. The van der Waals surface area contributed by atoms with Gasteiger partial charge in [0.2, 0.25) is 0 Å². The topological polar surface area (TPSA) is 69.6 Å². The van der Waals surface area contributed by atoms with Gasteiger partial charge in [-0.05, 0) is 50.5 Å². The molecule has 19 heavy (non-hydrogen) atoms. The Morgan fingerprint density at radius 1 is 1.26 bits per heavy atom. The Kier molecular flexibility index (Phi) is 4.85. The van der Waals surface area contributed by atoms with Gasteiger partial charge in [-0.1, -0.05) is 19.8 Å². The minimum atomic E-state index is -0.713. The second-order valence-corrected chi connectivity index (χ2v) is 6.64. The van der Waals surface area contributed by atoms with E-state index >= 15 is 0 Å². The Bertz CT molecular complexity index is 311. The van der Waals surface area contributed by atoms with Gasteiger partial charge in [-0.3, -0.25) is 4.79 Å². The smallest absolute Gasteiger partial charge is 0.306 e. The molecule has 2 unspecified atom stereocenters. The van der Waals surface area contributed by atoms with Gasteiger partial charge < -0.3 is 15.5 Å². The first kappa shape index (κ1) is 14.8. The molecule has 3 N–H and O–H groups in total. The SMILES string of the molecule is CC1CCCC1CNCC1(O)CCC(C(=O)O)CC1. The molecule has 2 atom stereocenters. The van der Waals surface area contributed by atoms with Gasteiger partial charge in [-0.15, -0.1) is 0 Å². The lowest BCUT2D eigenvalue weighted by Gasteiger charge is -2.35. The molecule has 2 aliphatic rings. The number of rotatable bonds is 5. The zero-order valence-corrected chi connectivity index (χ0v) is 11.9. The van der Waals surface area contributed by atoms with E-state index in [-0.39, 0.29) is 5.92 Å². The Hall–Kier alpha value is -0.610. The van der Waals surface area contributed by atoms with Crippen molar-refractivity contribution in [3.8, 4) is 0 Å². The van der Waals surface area contributed by atoms with Gasteiger partial charge in [0.25, 0.3) is 0 Å². The third kappa shape index (κ3) is 3.93. The van der Waals surface area contributed by atoms with Crippen LogP contribution in [0, 0.1) is 17.8 Å². The van der Waals surface area contributed by atoms with Crippen molar-refractivity contribution in [1.82, 2.24) is 5.32 Å². The molecule has 2 rings (SSSR count). The molecule has 0 bridgehead atoms. The molecule has 2 aliphatic carbocycles. The summed E-state index contributed by atoms with van der Waals surface area (Å²) in [6.07, 6.45) is 6.39. The highest BCUT2D eigenvalue weighted by atomic mass is 16.4. The Morgan fingerprint density at radius 2 is 1.95 bits per heavy atom. The van der Waals surface area contributed by atoms with Crippen molar-refractivity contribution in [2.24, 2.45) is 17.8 Å². The van der Waals surface area contributed by atoms with Crippen LogP contribution in [0.25, 0.3) is 0 Å². The molecule has 4 nitrogen and oxygen atoms in total. The van der Waals surface area contributed by atoms with Crippen molar-refractivity contribution in [3.63, 3.8) is 0 Å². The first-order valence-electron chi connectivity index (χ1n) is 7.66. The summed E-state index contributed by atoms with van der Waals surface area (Å²) in [4.78, 5) is 10.9. The second-order valence-electron chi connectivity index (χ2n) is 6.64. The van der Waals surface area contributed by atoms with Crippen LogP contribution in [0.3, 0.4) is 0 Å². The molecular formula is C15H27NO3. The van der Waals surface area contributed by atoms with Crippen LogP contribution in [0.15, 0.2) is 0 Å². The quantitative estimate of drug-likeness (QED) is 0.714. The monoisotopic (exact) mass is 269 g/mol. The number of hydrogen-bond donors (Lipinski definition) is 3. The van der Waals surface area contributed by atoms with E-state index in [1.54, 1.807) is 0 Å². The molecule has 0 aromatic carbocycles. The van der Waals surface area contributed by atoms with Gasteiger partial charge in [0.15, 0.2) is 0 Å². The molecule has 0 aliphatic heterocycles. The van der Waals surface area contributed by atoms with Crippen molar-refractivity contribution in [2.75, 3.05) is 13.1 Å². The van der Waals surface area contributed by atoms with E-state index < -0.39 is 11.6 Å². The van der Waals surface area contributed by atoms with E-state index in [2.05, 4.69) is 12.2 Å². The molecule has 0 radical (unpaired) electrons. The van der Waals surface area contributed by atoms with Gasteiger partial charge in [-0.25, -0.2) is 0 Å². The number of nitrogens with one attached hydrogen (secondary N) is 1. The highest BCUT2D eigenvalue weighted by Crippen LogP contribution is 2.33. The average Bonchev–Trinajstić information content (AvgIpc) is 2.75. The molecule has 0 aromatic heterocycles. The molecule has 0 amide bonds. The summed E-state index contributed by atoms with van der Waals surface area (Å²) < 4.78 is 0. The van der Waals surface area contributed by atoms with Crippen LogP contribution in [0.2, 0.25) is 0 Å². The molecule has 0 saturated heterocycles. The summed E-state index contributed by atoms with van der Waals surface area (Å²) in [5, 5.41) is 22.8. The zero-order chi connectivity index (χ0) is 13.9. The van der Waals surface area contributed by atoms with Gasteiger partial charge in [0.05, 0.1) is 11.5 Å². The number of carboxylic acid groups (broad SMARTS) is 1. The minimum absolute atomic E-state index is 0.255. The van der Waals surface area contributed by atoms with Crippen LogP contribution in [0.5, 0.6) is 0 Å². The predicted molar refractivity (Wildman–Crippen MR) is 73.9 cm³/mol. The summed E-state index contributed by atoms with van der Waals surface area (Å²) in [6, 6.07) is 0. The van der Waals surface area contributed by atoms with E-state index in [1.807, 2.05) is 0 Å². The maximum absolute atomic E-state index is 10.9. The fraction of sp³-hybridized carbons (Fsp3) is 0.933. The highest BCUT2D eigenvalue weighted by Gasteiger charge is 2.35. The van der Waals surface area contributed by atoms with Crippen LogP contribution in [0.1, 0.15) is 51.9 Å². The first-order chi connectivity index (χ1) is 9.00. The van der Waals surface area contributed by atoms with E-state index in [0.29, 0.717) is 32.2 Å². The molecule has 0 heterocycles. The van der Waals surface area contributed by atoms with E-state index in [0.717, 1.165) is 18.4 Å². The maximum Gasteiger partial charge on any atom is 0.306 e. The lowest BCUT2D eigenvalue weighted by Crippen LogP contribution is -2.45.